The number of halogens is 1. The van der Waals surface area contributed by atoms with Gasteiger partial charge in [-0.15, -0.1) is 0 Å². The molecule has 0 radical (unpaired) electrons. The zero-order valence-corrected chi connectivity index (χ0v) is 15.2. The lowest BCUT2D eigenvalue weighted by atomic mass is 10.2. The van der Waals surface area contributed by atoms with Gasteiger partial charge in [-0.25, -0.2) is 4.99 Å². The summed E-state index contributed by atoms with van der Waals surface area (Å²) in [6, 6.07) is 8.97. The van der Waals surface area contributed by atoms with Crippen LogP contribution in [-0.2, 0) is 6.54 Å². The molecule has 1 aromatic carbocycles. The van der Waals surface area contributed by atoms with Gasteiger partial charge in [0, 0.05) is 23.6 Å². The van der Waals surface area contributed by atoms with Crippen molar-refractivity contribution in [1.29, 1.82) is 0 Å². The van der Waals surface area contributed by atoms with Gasteiger partial charge in [0.25, 0.3) is 0 Å². The average Bonchev–Trinajstić information content (AvgIpc) is 2.99. The normalized spacial score (nSPS) is 19.4. The SMILES string of the molecule is CCNC(=NCc1ccc(Br)cc1)NCC1CCCN1CC. The molecule has 0 amide bonds. The maximum atomic E-state index is 4.69. The zero-order chi connectivity index (χ0) is 15.8. The first-order valence-corrected chi connectivity index (χ1v) is 9.03. The van der Waals surface area contributed by atoms with E-state index in [0.29, 0.717) is 12.6 Å². The minimum Gasteiger partial charge on any atom is -0.357 e. The highest BCUT2D eigenvalue weighted by Gasteiger charge is 2.22. The third kappa shape index (κ3) is 5.29. The van der Waals surface area contributed by atoms with Gasteiger partial charge in [0.2, 0.25) is 0 Å². The third-order valence-corrected chi connectivity index (χ3v) is 4.62. The van der Waals surface area contributed by atoms with Crippen LogP contribution in [0.25, 0.3) is 0 Å². The number of aliphatic imine (C=N–C) groups is 1. The first-order chi connectivity index (χ1) is 10.7. The Kier molecular flexibility index (Phi) is 7.19. The summed E-state index contributed by atoms with van der Waals surface area (Å²) in [6.45, 7) is 9.27. The molecule has 1 atom stereocenters. The fraction of sp³-hybridized carbons (Fsp3) is 0.588. The van der Waals surface area contributed by atoms with E-state index in [9.17, 15) is 0 Å². The molecular weight excluding hydrogens is 340 g/mol. The lowest BCUT2D eigenvalue weighted by Gasteiger charge is -2.24. The number of hydrogen-bond acceptors (Lipinski definition) is 2. The molecule has 1 saturated heterocycles. The van der Waals surface area contributed by atoms with Gasteiger partial charge in [-0.3, -0.25) is 4.90 Å². The van der Waals surface area contributed by atoms with Gasteiger partial charge in [-0.2, -0.15) is 0 Å². The zero-order valence-electron chi connectivity index (χ0n) is 13.6. The molecule has 22 heavy (non-hydrogen) atoms. The van der Waals surface area contributed by atoms with Crippen LogP contribution >= 0.6 is 15.9 Å². The molecule has 0 bridgehead atoms. The van der Waals surface area contributed by atoms with Crippen LogP contribution in [0.2, 0.25) is 0 Å². The van der Waals surface area contributed by atoms with Crippen molar-refractivity contribution >= 4 is 21.9 Å². The molecule has 122 valence electrons. The second-order valence-electron chi connectivity index (χ2n) is 5.63. The van der Waals surface area contributed by atoms with Gasteiger partial charge >= 0.3 is 0 Å². The monoisotopic (exact) mass is 366 g/mol. The molecule has 2 N–H and O–H groups in total. The standard InChI is InChI=1S/C17H27BrN4/c1-3-19-17(20-12-14-7-9-15(18)10-8-14)21-13-16-6-5-11-22(16)4-2/h7-10,16H,3-6,11-13H2,1-2H3,(H2,19,20,21). The predicted molar refractivity (Wildman–Crippen MR) is 97.2 cm³/mol. The summed E-state index contributed by atoms with van der Waals surface area (Å²) < 4.78 is 1.10. The Bertz CT molecular complexity index is 472. The molecule has 1 aromatic rings. The molecule has 4 nitrogen and oxygen atoms in total. The van der Waals surface area contributed by atoms with Gasteiger partial charge in [-0.05, 0) is 50.6 Å². The second kappa shape index (κ2) is 9.16. The van der Waals surface area contributed by atoms with Crippen LogP contribution in [0.3, 0.4) is 0 Å². The number of rotatable bonds is 6. The van der Waals surface area contributed by atoms with E-state index in [-0.39, 0.29) is 0 Å². The van der Waals surface area contributed by atoms with Gasteiger partial charge in [0.1, 0.15) is 0 Å². The molecule has 1 fully saturated rings. The number of nitrogens with zero attached hydrogens (tertiary/aromatic N) is 2. The van der Waals surface area contributed by atoms with Crippen LogP contribution in [0.5, 0.6) is 0 Å². The largest absolute Gasteiger partial charge is 0.357 e. The summed E-state index contributed by atoms with van der Waals surface area (Å²) in [6.07, 6.45) is 2.60. The lowest BCUT2D eigenvalue weighted by Crippen LogP contribution is -2.44. The van der Waals surface area contributed by atoms with Gasteiger partial charge in [-0.1, -0.05) is 35.0 Å². The van der Waals surface area contributed by atoms with Crippen molar-refractivity contribution in [3.05, 3.63) is 34.3 Å². The van der Waals surface area contributed by atoms with Crippen molar-refractivity contribution in [1.82, 2.24) is 15.5 Å². The summed E-state index contributed by atoms with van der Waals surface area (Å²) in [5.41, 5.74) is 1.22. The summed E-state index contributed by atoms with van der Waals surface area (Å²) in [4.78, 5) is 7.23. The van der Waals surface area contributed by atoms with Crippen LogP contribution < -0.4 is 10.6 Å². The van der Waals surface area contributed by atoms with Crippen molar-refractivity contribution in [2.45, 2.75) is 39.3 Å². The molecule has 0 aliphatic carbocycles. The van der Waals surface area contributed by atoms with Crippen LogP contribution in [0.4, 0.5) is 0 Å². The molecule has 1 aliphatic heterocycles. The highest BCUT2D eigenvalue weighted by molar-refractivity contribution is 9.10. The van der Waals surface area contributed by atoms with E-state index in [4.69, 9.17) is 0 Å². The van der Waals surface area contributed by atoms with Crippen molar-refractivity contribution in [2.24, 2.45) is 4.99 Å². The molecule has 0 saturated carbocycles. The molecule has 5 heteroatoms. The molecule has 1 unspecified atom stereocenters. The highest BCUT2D eigenvalue weighted by atomic mass is 79.9. The van der Waals surface area contributed by atoms with Crippen LogP contribution in [0.15, 0.2) is 33.7 Å². The minimum atomic E-state index is 0.640. The van der Waals surface area contributed by atoms with E-state index in [2.05, 4.69) is 74.6 Å². The summed E-state index contributed by atoms with van der Waals surface area (Å²) in [7, 11) is 0. The van der Waals surface area contributed by atoms with E-state index in [1.807, 2.05) is 0 Å². The summed E-state index contributed by atoms with van der Waals surface area (Å²) in [5, 5.41) is 6.83. The third-order valence-electron chi connectivity index (χ3n) is 4.09. The number of benzene rings is 1. The molecule has 1 heterocycles. The fourth-order valence-corrected chi connectivity index (χ4v) is 3.12. The van der Waals surface area contributed by atoms with Crippen molar-refractivity contribution < 1.29 is 0 Å². The van der Waals surface area contributed by atoms with E-state index in [0.717, 1.165) is 30.1 Å². The maximum Gasteiger partial charge on any atom is 0.191 e. The number of likely N-dealkylation sites (tertiary alicyclic amines) is 1. The van der Waals surface area contributed by atoms with Gasteiger partial charge in [0.15, 0.2) is 5.96 Å². The molecular formula is C17H27BrN4. The minimum absolute atomic E-state index is 0.640. The maximum absolute atomic E-state index is 4.69. The molecule has 0 spiro atoms. The van der Waals surface area contributed by atoms with Crippen LogP contribution in [0.1, 0.15) is 32.3 Å². The second-order valence-corrected chi connectivity index (χ2v) is 6.54. The number of nitrogens with one attached hydrogen (secondary N) is 2. The first-order valence-electron chi connectivity index (χ1n) is 8.23. The van der Waals surface area contributed by atoms with E-state index in [1.165, 1.54) is 24.9 Å². The Morgan fingerprint density at radius 3 is 2.73 bits per heavy atom. The Morgan fingerprint density at radius 2 is 2.05 bits per heavy atom. The smallest absolute Gasteiger partial charge is 0.191 e. The Hall–Kier alpha value is -1.07. The average molecular weight is 367 g/mol. The highest BCUT2D eigenvalue weighted by Crippen LogP contribution is 2.15. The predicted octanol–water partition coefficient (Wildman–Crippen LogP) is 2.99. The fourth-order valence-electron chi connectivity index (χ4n) is 2.86. The van der Waals surface area contributed by atoms with Crippen LogP contribution in [0, 0.1) is 0 Å². The van der Waals surface area contributed by atoms with Crippen molar-refractivity contribution in [3.8, 4) is 0 Å². The van der Waals surface area contributed by atoms with Crippen molar-refractivity contribution in [2.75, 3.05) is 26.2 Å². The van der Waals surface area contributed by atoms with Crippen molar-refractivity contribution in [3.63, 3.8) is 0 Å². The van der Waals surface area contributed by atoms with Crippen LogP contribution in [-0.4, -0.2) is 43.1 Å². The van der Waals surface area contributed by atoms with Gasteiger partial charge in [0.05, 0.1) is 6.54 Å². The van der Waals surface area contributed by atoms with Gasteiger partial charge < -0.3 is 10.6 Å². The summed E-state index contributed by atoms with van der Waals surface area (Å²) >= 11 is 3.46. The lowest BCUT2D eigenvalue weighted by molar-refractivity contribution is 0.267. The Balaban J connectivity index is 1.88. The summed E-state index contributed by atoms with van der Waals surface area (Å²) in [5.74, 6) is 0.911. The topological polar surface area (TPSA) is 39.7 Å². The Morgan fingerprint density at radius 1 is 1.27 bits per heavy atom. The van der Waals surface area contributed by atoms with E-state index < -0.39 is 0 Å². The molecule has 2 rings (SSSR count). The Labute approximate surface area is 142 Å². The van der Waals surface area contributed by atoms with E-state index >= 15 is 0 Å². The molecule has 0 aromatic heterocycles. The first kappa shape index (κ1) is 17.3. The van der Waals surface area contributed by atoms with E-state index in [1.54, 1.807) is 0 Å². The quantitative estimate of drug-likeness (QED) is 0.600. The molecule has 1 aliphatic rings. The number of guanidine groups is 1. The number of likely N-dealkylation sites (N-methyl/N-ethyl adjacent to an activating group) is 1. The number of hydrogen-bond donors (Lipinski definition) is 2.